The van der Waals surface area contributed by atoms with Crippen LogP contribution in [0.4, 0.5) is 0 Å². The minimum Gasteiger partial charge on any atom is -0.496 e. The molecule has 0 bridgehead atoms. The lowest BCUT2D eigenvalue weighted by atomic mass is 10.0. The fourth-order valence-electron chi connectivity index (χ4n) is 4.14. The molecule has 9 nitrogen and oxygen atoms in total. The van der Waals surface area contributed by atoms with Crippen molar-refractivity contribution in [2.24, 2.45) is 0 Å². The zero-order chi connectivity index (χ0) is 22.0. The van der Waals surface area contributed by atoms with Gasteiger partial charge in [0.2, 0.25) is 5.82 Å². The third-order valence-corrected chi connectivity index (χ3v) is 5.67. The molecule has 3 heterocycles. The summed E-state index contributed by atoms with van der Waals surface area (Å²) in [6.07, 6.45) is 1.53. The number of nitrogens with one attached hydrogen (secondary N) is 1. The highest BCUT2D eigenvalue weighted by atomic mass is 16.5. The van der Waals surface area contributed by atoms with E-state index in [2.05, 4.69) is 42.4 Å². The predicted octanol–water partition coefficient (Wildman–Crippen LogP) is 1.16. The molecule has 0 radical (unpaired) electrons. The zero-order valence-corrected chi connectivity index (χ0v) is 18.4. The molecule has 0 spiro atoms. The van der Waals surface area contributed by atoms with E-state index in [-0.39, 0.29) is 17.5 Å². The third-order valence-electron chi connectivity index (χ3n) is 5.67. The number of carbonyl (C=O) groups excluding carboxylic acids is 1. The summed E-state index contributed by atoms with van der Waals surface area (Å²) in [4.78, 5) is 15.8. The van der Waals surface area contributed by atoms with Gasteiger partial charge in [-0.3, -0.25) is 4.79 Å². The van der Waals surface area contributed by atoms with E-state index in [1.54, 1.807) is 19.2 Å². The number of piperazine rings is 1. The molecule has 0 saturated carbocycles. The smallest absolute Gasteiger partial charge is 0.289 e. The first kappa shape index (κ1) is 21.0. The number of tetrazole rings is 1. The molecule has 1 N–H and O–H groups in total. The molecular weight excluding hydrogens is 396 g/mol. The average molecular weight is 426 g/mol. The van der Waals surface area contributed by atoms with Gasteiger partial charge in [-0.15, -0.1) is 5.10 Å². The number of hydrogen-bond donors (Lipinski definition) is 1. The third kappa shape index (κ3) is 4.18. The lowest BCUT2D eigenvalue weighted by molar-refractivity contribution is -0.930. The minimum absolute atomic E-state index is 0.0718. The molecule has 9 heteroatoms. The summed E-state index contributed by atoms with van der Waals surface area (Å²) in [6, 6.07) is 11.3. The first-order valence-electron chi connectivity index (χ1n) is 10.5. The molecular formula is C22H29N6O3+. The van der Waals surface area contributed by atoms with Crippen LogP contribution in [0.5, 0.6) is 5.75 Å². The number of quaternary nitrogens is 1. The van der Waals surface area contributed by atoms with Gasteiger partial charge in [-0.25, -0.2) is 4.68 Å². The highest BCUT2D eigenvalue weighted by Crippen LogP contribution is 2.29. The number of rotatable bonds is 5. The first-order chi connectivity index (χ1) is 14.9. The Hall–Kier alpha value is -3.20. The predicted molar refractivity (Wildman–Crippen MR) is 113 cm³/mol. The first-order valence-corrected chi connectivity index (χ1v) is 10.5. The molecule has 1 aromatic carbocycles. The second-order valence-electron chi connectivity index (χ2n) is 8.72. The van der Waals surface area contributed by atoms with Gasteiger partial charge in [-0.1, -0.05) is 12.1 Å². The minimum atomic E-state index is -0.268. The van der Waals surface area contributed by atoms with E-state index in [0.717, 1.165) is 30.2 Å². The van der Waals surface area contributed by atoms with Crippen LogP contribution in [0, 0.1) is 0 Å². The highest BCUT2D eigenvalue weighted by molar-refractivity contribution is 5.91. The zero-order valence-electron chi connectivity index (χ0n) is 18.4. The second kappa shape index (κ2) is 8.50. The van der Waals surface area contributed by atoms with Gasteiger partial charge in [-0.05, 0) is 55.5 Å². The van der Waals surface area contributed by atoms with E-state index < -0.39 is 0 Å². The van der Waals surface area contributed by atoms with Gasteiger partial charge in [0.05, 0.1) is 50.7 Å². The number of aromatic nitrogens is 4. The monoisotopic (exact) mass is 425 g/mol. The van der Waals surface area contributed by atoms with Crippen molar-refractivity contribution in [3.63, 3.8) is 0 Å². The second-order valence-corrected chi connectivity index (χ2v) is 8.72. The van der Waals surface area contributed by atoms with Crippen LogP contribution in [-0.2, 0) is 5.54 Å². The quantitative estimate of drug-likeness (QED) is 0.660. The molecule has 3 aromatic rings. The number of furan rings is 1. The molecule has 31 heavy (non-hydrogen) atoms. The number of carbonyl (C=O) groups is 1. The summed E-state index contributed by atoms with van der Waals surface area (Å²) < 4.78 is 12.9. The van der Waals surface area contributed by atoms with E-state index in [0.29, 0.717) is 18.8 Å². The van der Waals surface area contributed by atoms with E-state index in [9.17, 15) is 4.79 Å². The van der Waals surface area contributed by atoms with Gasteiger partial charge in [0.1, 0.15) is 5.75 Å². The highest BCUT2D eigenvalue weighted by Gasteiger charge is 2.38. The average Bonchev–Trinajstić information content (AvgIpc) is 3.47. The summed E-state index contributed by atoms with van der Waals surface area (Å²) in [5.74, 6) is 1.90. The topological polar surface area (TPSA) is 90.7 Å². The van der Waals surface area contributed by atoms with Gasteiger partial charge < -0.3 is 19.0 Å². The van der Waals surface area contributed by atoms with Gasteiger partial charge >= 0.3 is 0 Å². The van der Waals surface area contributed by atoms with Gasteiger partial charge in [0.25, 0.3) is 5.91 Å². The van der Waals surface area contributed by atoms with Crippen LogP contribution in [0.3, 0.4) is 0 Å². The number of methoxy groups -OCH3 is 1. The Morgan fingerprint density at radius 2 is 1.90 bits per heavy atom. The molecule has 1 amide bonds. The normalized spacial score (nSPS) is 16.3. The fraction of sp³-hybridized carbons (Fsp3) is 0.455. The SMILES string of the molecule is COc1ccccc1[C@@H](c1nnnn1C(C)(C)C)[NH+]1CCN(C(=O)c2ccco2)CC1. The Kier molecular flexibility index (Phi) is 5.77. The van der Waals surface area contributed by atoms with Gasteiger partial charge in [0.15, 0.2) is 11.8 Å². The molecule has 1 saturated heterocycles. The summed E-state index contributed by atoms with van der Waals surface area (Å²) in [7, 11) is 1.68. The van der Waals surface area contributed by atoms with Crippen molar-refractivity contribution in [3.8, 4) is 5.75 Å². The summed E-state index contributed by atoms with van der Waals surface area (Å²) in [6.45, 7) is 9.01. The number of benzene rings is 1. The summed E-state index contributed by atoms with van der Waals surface area (Å²) in [5.41, 5.74) is 0.765. The molecule has 1 atom stereocenters. The molecule has 164 valence electrons. The fourth-order valence-corrected chi connectivity index (χ4v) is 4.14. The van der Waals surface area contributed by atoms with Crippen LogP contribution in [0.15, 0.2) is 47.1 Å². The molecule has 0 unspecified atom stereocenters. The van der Waals surface area contributed by atoms with E-state index in [4.69, 9.17) is 9.15 Å². The molecule has 1 aliphatic rings. The lowest BCUT2D eigenvalue weighted by Crippen LogP contribution is -3.15. The number of ether oxygens (including phenoxy) is 1. The largest absolute Gasteiger partial charge is 0.496 e. The van der Waals surface area contributed by atoms with E-state index in [1.165, 1.54) is 11.2 Å². The Balaban J connectivity index is 1.65. The van der Waals surface area contributed by atoms with Crippen molar-refractivity contribution in [3.05, 3.63) is 59.8 Å². The van der Waals surface area contributed by atoms with Crippen LogP contribution >= 0.6 is 0 Å². The lowest BCUT2D eigenvalue weighted by Gasteiger charge is -2.36. The Labute approximate surface area is 181 Å². The van der Waals surface area contributed by atoms with Crippen molar-refractivity contribution in [2.45, 2.75) is 32.4 Å². The maximum absolute atomic E-state index is 12.7. The molecule has 1 aliphatic heterocycles. The number of hydrogen-bond acceptors (Lipinski definition) is 6. The van der Waals surface area contributed by atoms with Crippen molar-refractivity contribution < 1.29 is 18.8 Å². The number of amides is 1. The van der Waals surface area contributed by atoms with E-state index in [1.807, 2.05) is 27.8 Å². The van der Waals surface area contributed by atoms with Crippen molar-refractivity contribution >= 4 is 5.91 Å². The van der Waals surface area contributed by atoms with Crippen molar-refractivity contribution in [2.75, 3.05) is 33.3 Å². The van der Waals surface area contributed by atoms with Crippen molar-refractivity contribution in [1.82, 2.24) is 25.1 Å². The van der Waals surface area contributed by atoms with Gasteiger partial charge in [0, 0.05) is 0 Å². The molecule has 2 aromatic heterocycles. The maximum atomic E-state index is 12.7. The molecule has 4 rings (SSSR count). The van der Waals surface area contributed by atoms with Crippen LogP contribution in [0.1, 0.15) is 48.8 Å². The van der Waals surface area contributed by atoms with Crippen LogP contribution < -0.4 is 9.64 Å². The molecule has 0 aliphatic carbocycles. The van der Waals surface area contributed by atoms with Crippen LogP contribution in [-0.4, -0.2) is 64.3 Å². The Bertz CT molecular complexity index is 1020. The summed E-state index contributed by atoms with van der Waals surface area (Å²) >= 11 is 0. The van der Waals surface area contributed by atoms with Crippen molar-refractivity contribution in [1.29, 1.82) is 0 Å². The number of para-hydroxylation sites is 1. The standard InChI is InChI=1S/C22H28N6O3/c1-22(2,3)28-20(23-24-25-28)19(16-8-5-6-9-17(16)30-4)26-11-13-27(14-12-26)21(29)18-10-7-15-31-18/h5-10,15,19H,11-14H2,1-4H3/p+1/t19-/m0/s1. The van der Waals surface area contributed by atoms with Gasteiger partial charge in [-0.2, -0.15) is 0 Å². The Morgan fingerprint density at radius 3 is 2.55 bits per heavy atom. The maximum Gasteiger partial charge on any atom is 0.289 e. The summed E-state index contributed by atoms with van der Waals surface area (Å²) in [5, 5.41) is 12.7. The van der Waals surface area contributed by atoms with E-state index >= 15 is 0 Å². The van der Waals surface area contributed by atoms with Crippen LogP contribution in [0.2, 0.25) is 0 Å². The number of nitrogens with zero attached hydrogens (tertiary/aromatic N) is 5. The Morgan fingerprint density at radius 1 is 1.16 bits per heavy atom. The van der Waals surface area contributed by atoms with Crippen LogP contribution in [0.25, 0.3) is 0 Å². The molecule has 1 fully saturated rings.